The predicted molar refractivity (Wildman–Crippen MR) is 36.1 cm³/mol. The first-order valence-corrected chi connectivity index (χ1v) is 3.28. The van der Waals surface area contributed by atoms with Crippen LogP contribution >= 0.6 is 0 Å². The molecule has 12 heavy (non-hydrogen) atoms. The second kappa shape index (κ2) is 5.15. The summed E-state index contributed by atoms with van der Waals surface area (Å²) < 4.78 is 11.7. The third-order valence-electron chi connectivity index (χ3n) is 1.39. The van der Waals surface area contributed by atoms with Gasteiger partial charge in [-0.25, -0.2) is 4.39 Å². The Morgan fingerprint density at radius 2 is 1.67 bits per heavy atom. The fourth-order valence-corrected chi connectivity index (χ4v) is 0.601. The Morgan fingerprint density at radius 3 is 2.00 bits per heavy atom. The van der Waals surface area contributed by atoms with Crippen LogP contribution in [-0.2, 0) is 4.79 Å². The summed E-state index contributed by atoms with van der Waals surface area (Å²) in [6, 6.07) is 0. The van der Waals surface area contributed by atoms with E-state index in [0.717, 1.165) is 0 Å². The molecule has 0 unspecified atom stereocenters. The largest absolute Gasteiger partial charge is 0.388 e. The summed E-state index contributed by atoms with van der Waals surface area (Å²) in [7, 11) is 0. The number of carbonyl (C=O) groups excluding carboxylic acids is 1. The molecule has 0 rings (SSSR count). The van der Waals surface area contributed by atoms with E-state index >= 15 is 0 Å². The first-order valence-electron chi connectivity index (χ1n) is 3.28. The summed E-state index contributed by atoms with van der Waals surface area (Å²) in [6.45, 7) is -1.26. The zero-order valence-electron chi connectivity index (χ0n) is 6.17. The van der Waals surface area contributed by atoms with Crippen LogP contribution in [0.3, 0.4) is 0 Å². The molecule has 0 aromatic rings. The van der Waals surface area contributed by atoms with E-state index in [4.69, 9.17) is 20.4 Å². The van der Waals surface area contributed by atoms with Gasteiger partial charge in [0.2, 0.25) is 0 Å². The third-order valence-corrected chi connectivity index (χ3v) is 1.39. The average Bonchev–Trinajstić information content (AvgIpc) is 2.12. The van der Waals surface area contributed by atoms with Crippen molar-refractivity contribution in [3.63, 3.8) is 0 Å². The maximum atomic E-state index is 11.7. The molecule has 0 heterocycles. The number of halogens is 1. The van der Waals surface area contributed by atoms with Crippen LogP contribution in [-0.4, -0.2) is 57.8 Å². The van der Waals surface area contributed by atoms with Crippen LogP contribution in [0.25, 0.3) is 0 Å². The van der Waals surface area contributed by atoms with Crippen molar-refractivity contribution in [3.05, 3.63) is 0 Å². The van der Waals surface area contributed by atoms with Gasteiger partial charge in [0.15, 0.2) is 6.29 Å². The van der Waals surface area contributed by atoms with Crippen LogP contribution in [0.5, 0.6) is 0 Å². The number of aliphatic hydroxyl groups is 4. The van der Waals surface area contributed by atoms with Gasteiger partial charge >= 0.3 is 0 Å². The van der Waals surface area contributed by atoms with E-state index < -0.39 is 31.1 Å². The number of hydrogen-bond acceptors (Lipinski definition) is 5. The number of alkyl halides is 1. The SMILES string of the molecule is O=C[C@@H](O)[C@@H](O)[C@H](O)[C@H](O)CF. The van der Waals surface area contributed by atoms with E-state index in [0.29, 0.717) is 0 Å². The lowest BCUT2D eigenvalue weighted by Gasteiger charge is -2.21. The summed E-state index contributed by atoms with van der Waals surface area (Å²) in [4.78, 5) is 9.87. The molecular weight excluding hydrogens is 171 g/mol. The monoisotopic (exact) mass is 182 g/mol. The fraction of sp³-hybridized carbons (Fsp3) is 0.833. The molecule has 5 nitrogen and oxygen atoms in total. The standard InChI is InChI=1S/C6H11FO5/c7-1-3(9)5(11)6(12)4(10)2-8/h2-6,9-12H,1H2/t3-,4-,5-,6-/m1/s1. The second-order valence-corrected chi connectivity index (χ2v) is 2.33. The van der Waals surface area contributed by atoms with Crippen LogP contribution < -0.4 is 0 Å². The minimum atomic E-state index is -1.87. The van der Waals surface area contributed by atoms with Gasteiger partial charge in [-0.05, 0) is 0 Å². The lowest BCUT2D eigenvalue weighted by molar-refractivity contribution is -0.134. The molecular formula is C6H11FO5. The first-order chi connectivity index (χ1) is 5.54. The summed E-state index contributed by atoms with van der Waals surface area (Å²) in [5.41, 5.74) is 0. The molecule has 0 aliphatic rings. The molecule has 0 aliphatic heterocycles. The summed E-state index contributed by atoms with van der Waals surface area (Å²) in [6.07, 6.45) is -7.36. The summed E-state index contributed by atoms with van der Waals surface area (Å²) in [5.74, 6) is 0. The molecule has 0 aromatic heterocycles. The van der Waals surface area contributed by atoms with Gasteiger partial charge in [-0.3, -0.25) is 0 Å². The number of rotatable bonds is 5. The van der Waals surface area contributed by atoms with Crippen molar-refractivity contribution in [3.8, 4) is 0 Å². The maximum absolute atomic E-state index is 11.7. The Kier molecular flexibility index (Phi) is 4.91. The van der Waals surface area contributed by atoms with Crippen molar-refractivity contribution in [2.24, 2.45) is 0 Å². The molecule has 4 atom stereocenters. The van der Waals surface area contributed by atoms with Crippen molar-refractivity contribution in [1.29, 1.82) is 0 Å². The number of hydrogen-bond donors (Lipinski definition) is 4. The van der Waals surface area contributed by atoms with Crippen LogP contribution in [0.15, 0.2) is 0 Å². The third kappa shape index (κ3) is 2.82. The molecule has 4 N–H and O–H groups in total. The molecule has 0 saturated heterocycles. The second-order valence-electron chi connectivity index (χ2n) is 2.33. The topological polar surface area (TPSA) is 98.0 Å². The van der Waals surface area contributed by atoms with Gasteiger partial charge in [-0.1, -0.05) is 0 Å². The first kappa shape index (κ1) is 11.4. The number of carbonyl (C=O) groups is 1. The molecule has 0 spiro atoms. The molecule has 0 radical (unpaired) electrons. The highest BCUT2D eigenvalue weighted by Crippen LogP contribution is 2.04. The highest BCUT2D eigenvalue weighted by atomic mass is 19.1. The van der Waals surface area contributed by atoms with Crippen molar-refractivity contribution in [2.75, 3.05) is 6.67 Å². The lowest BCUT2D eigenvalue weighted by atomic mass is 10.0. The predicted octanol–water partition coefficient (Wildman–Crippen LogP) is -2.40. The normalized spacial score (nSPS) is 21.1. The van der Waals surface area contributed by atoms with Gasteiger partial charge in [-0.2, -0.15) is 0 Å². The van der Waals surface area contributed by atoms with E-state index in [1.54, 1.807) is 0 Å². The molecule has 72 valence electrons. The van der Waals surface area contributed by atoms with Crippen molar-refractivity contribution >= 4 is 6.29 Å². The highest BCUT2D eigenvalue weighted by Gasteiger charge is 2.29. The fourth-order valence-electron chi connectivity index (χ4n) is 0.601. The van der Waals surface area contributed by atoms with Gasteiger partial charge in [0.25, 0.3) is 0 Å². The Morgan fingerprint density at radius 1 is 1.17 bits per heavy atom. The molecule has 0 bridgehead atoms. The van der Waals surface area contributed by atoms with E-state index in [1.165, 1.54) is 0 Å². The molecule has 0 aliphatic carbocycles. The average molecular weight is 182 g/mol. The Hall–Kier alpha value is -0.560. The molecule has 0 amide bonds. The minimum Gasteiger partial charge on any atom is -0.388 e. The smallest absolute Gasteiger partial charge is 0.151 e. The quantitative estimate of drug-likeness (QED) is 0.355. The molecule has 0 aromatic carbocycles. The van der Waals surface area contributed by atoms with Crippen molar-refractivity contribution in [1.82, 2.24) is 0 Å². The van der Waals surface area contributed by atoms with Gasteiger partial charge in [0, 0.05) is 0 Å². The summed E-state index contributed by atoms with van der Waals surface area (Å²) in [5, 5.41) is 34.9. The minimum absolute atomic E-state index is 0.0150. The van der Waals surface area contributed by atoms with Gasteiger partial charge in [0.1, 0.15) is 31.1 Å². The van der Waals surface area contributed by atoms with Crippen molar-refractivity contribution in [2.45, 2.75) is 24.4 Å². The zero-order valence-corrected chi connectivity index (χ0v) is 6.17. The Labute approximate surface area is 68.1 Å². The lowest BCUT2D eigenvalue weighted by Crippen LogP contribution is -2.45. The van der Waals surface area contributed by atoms with Crippen LogP contribution in [0.2, 0.25) is 0 Å². The van der Waals surface area contributed by atoms with Crippen LogP contribution in [0.1, 0.15) is 0 Å². The summed E-state index contributed by atoms with van der Waals surface area (Å²) >= 11 is 0. The highest BCUT2D eigenvalue weighted by molar-refractivity contribution is 5.56. The Bertz CT molecular complexity index is 142. The van der Waals surface area contributed by atoms with Gasteiger partial charge in [-0.15, -0.1) is 0 Å². The Balaban J connectivity index is 4.07. The van der Waals surface area contributed by atoms with E-state index in [9.17, 15) is 9.18 Å². The molecule has 0 saturated carbocycles. The van der Waals surface area contributed by atoms with Crippen LogP contribution in [0, 0.1) is 0 Å². The van der Waals surface area contributed by atoms with Gasteiger partial charge in [0.05, 0.1) is 0 Å². The molecule has 0 fully saturated rings. The van der Waals surface area contributed by atoms with Crippen molar-refractivity contribution < 1.29 is 29.6 Å². The molecule has 6 heteroatoms. The van der Waals surface area contributed by atoms with Crippen LogP contribution in [0.4, 0.5) is 4.39 Å². The van der Waals surface area contributed by atoms with E-state index in [2.05, 4.69) is 0 Å². The zero-order chi connectivity index (χ0) is 9.72. The number of aldehydes is 1. The maximum Gasteiger partial charge on any atom is 0.151 e. The van der Waals surface area contributed by atoms with E-state index in [-0.39, 0.29) is 6.29 Å². The van der Waals surface area contributed by atoms with E-state index in [1.807, 2.05) is 0 Å². The number of aliphatic hydroxyl groups excluding tert-OH is 4. The van der Waals surface area contributed by atoms with Gasteiger partial charge < -0.3 is 25.2 Å².